The third-order valence-corrected chi connectivity index (χ3v) is 2.13. The maximum atomic E-state index is 10.6. The van der Waals surface area contributed by atoms with Crippen LogP contribution in [-0.4, -0.2) is 42.6 Å². The van der Waals surface area contributed by atoms with E-state index in [4.69, 9.17) is 14.6 Å². The van der Waals surface area contributed by atoms with Crippen LogP contribution in [0.3, 0.4) is 0 Å². The second kappa shape index (κ2) is 7.03. The zero-order valence-electron chi connectivity index (χ0n) is 9.39. The van der Waals surface area contributed by atoms with Crippen LogP contribution in [0.15, 0.2) is 18.5 Å². The van der Waals surface area contributed by atoms with E-state index in [1.165, 1.54) is 0 Å². The molecule has 0 bridgehead atoms. The lowest BCUT2D eigenvalue weighted by Crippen LogP contribution is -2.05. The summed E-state index contributed by atoms with van der Waals surface area (Å²) in [5.74, 6) is -0.893. The van der Waals surface area contributed by atoms with Gasteiger partial charge in [0.2, 0.25) is 0 Å². The second-order valence-electron chi connectivity index (χ2n) is 3.40. The average Bonchev–Trinajstić information content (AvgIpc) is 2.72. The third-order valence-electron chi connectivity index (χ3n) is 2.13. The molecule has 5 nitrogen and oxygen atoms in total. The zero-order valence-corrected chi connectivity index (χ0v) is 9.39. The Hall–Kier alpha value is -1.33. The summed E-state index contributed by atoms with van der Waals surface area (Å²) in [7, 11) is 1.64. The summed E-state index contributed by atoms with van der Waals surface area (Å²) in [6.45, 7) is 2.62. The molecule has 0 atom stereocenters. The van der Waals surface area contributed by atoms with Crippen LogP contribution in [0.2, 0.25) is 0 Å². The van der Waals surface area contributed by atoms with Crippen molar-refractivity contribution in [3.63, 3.8) is 0 Å². The van der Waals surface area contributed by atoms with E-state index in [9.17, 15) is 4.79 Å². The first kappa shape index (κ1) is 12.7. The lowest BCUT2D eigenvalue weighted by molar-refractivity contribution is 0.0679. The number of carbonyl (C=O) groups is 1. The van der Waals surface area contributed by atoms with Crippen LogP contribution in [-0.2, 0) is 16.0 Å². The smallest absolute Gasteiger partial charge is 0.337 e. The highest BCUT2D eigenvalue weighted by Crippen LogP contribution is 2.02. The van der Waals surface area contributed by atoms with Gasteiger partial charge < -0.3 is 19.1 Å². The van der Waals surface area contributed by atoms with E-state index in [1.54, 1.807) is 25.6 Å². The lowest BCUT2D eigenvalue weighted by Gasteiger charge is -2.04. The fourth-order valence-electron chi connectivity index (χ4n) is 1.30. The fraction of sp³-hybridized carbons (Fsp3) is 0.545. The van der Waals surface area contributed by atoms with Gasteiger partial charge in [0.25, 0.3) is 0 Å². The Kier molecular flexibility index (Phi) is 5.60. The Bertz CT molecular complexity index is 322. The molecule has 5 heteroatoms. The normalized spacial score (nSPS) is 10.6. The molecule has 0 aliphatic rings. The number of carboxylic acid groups (broad SMARTS) is 1. The van der Waals surface area contributed by atoms with E-state index in [2.05, 4.69) is 0 Å². The minimum absolute atomic E-state index is 0.320. The van der Waals surface area contributed by atoms with Gasteiger partial charge in [-0.15, -0.1) is 0 Å². The van der Waals surface area contributed by atoms with E-state index in [0.717, 1.165) is 13.0 Å². The quantitative estimate of drug-likeness (QED) is 0.679. The van der Waals surface area contributed by atoms with Crippen molar-refractivity contribution in [1.29, 1.82) is 0 Å². The third kappa shape index (κ3) is 4.46. The standard InChI is InChI=1S/C11H17NO4/c1-15-7-8-16-6-2-4-12-5-3-10(9-12)11(13)14/h3,5,9H,2,4,6-8H2,1H3,(H,13,14). The van der Waals surface area contributed by atoms with Crippen LogP contribution in [0.5, 0.6) is 0 Å². The number of rotatable bonds is 8. The van der Waals surface area contributed by atoms with Gasteiger partial charge in [0.1, 0.15) is 0 Å². The first-order valence-corrected chi connectivity index (χ1v) is 5.20. The molecular formula is C11H17NO4. The Morgan fingerprint density at radius 1 is 1.44 bits per heavy atom. The summed E-state index contributed by atoms with van der Waals surface area (Å²) in [4.78, 5) is 10.6. The average molecular weight is 227 g/mol. The first-order valence-electron chi connectivity index (χ1n) is 5.20. The van der Waals surface area contributed by atoms with Crippen LogP contribution in [0, 0.1) is 0 Å². The molecule has 0 fully saturated rings. The zero-order chi connectivity index (χ0) is 11.8. The van der Waals surface area contributed by atoms with Crippen molar-refractivity contribution in [3.05, 3.63) is 24.0 Å². The second-order valence-corrected chi connectivity index (χ2v) is 3.40. The molecule has 0 radical (unpaired) electrons. The van der Waals surface area contributed by atoms with E-state index in [0.29, 0.717) is 25.4 Å². The summed E-state index contributed by atoms with van der Waals surface area (Å²) in [5.41, 5.74) is 0.320. The summed E-state index contributed by atoms with van der Waals surface area (Å²) in [6, 6.07) is 1.59. The van der Waals surface area contributed by atoms with Crippen LogP contribution in [0.25, 0.3) is 0 Å². The molecule has 0 spiro atoms. The van der Waals surface area contributed by atoms with Gasteiger partial charge in [0.05, 0.1) is 18.8 Å². The molecule has 90 valence electrons. The van der Waals surface area contributed by atoms with Crippen molar-refractivity contribution < 1.29 is 19.4 Å². The van der Waals surface area contributed by atoms with Crippen molar-refractivity contribution in [2.45, 2.75) is 13.0 Å². The number of nitrogens with zero attached hydrogens (tertiary/aromatic N) is 1. The van der Waals surface area contributed by atoms with Gasteiger partial charge in [-0.25, -0.2) is 4.79 Å². The molecule has 0 amide bonds. The number of methoxy groups -OCH3 is 1. The molecule has 0 saturated carbocycles. The van der Waals surface area contributed by atoms with Crippen LogP contribution in [0.4, 0.5) is 0 Å². The van der Waals surface area contributed by atoms with E-state index in [1.807, 2.05) is 4.57 Å². The van der Waals surface area contributed by atoms with E-state index >= 15 is 0 Å². The van der Waals surface area contributed by atoms with E-state index < -0.39 is 5.97 Å². The van der Waals surface area contributed by atoms with Gasteiger partial charge >= 0.3 is 5.97 Å². The van der Waals surface area contributed by atoms with Gasteiger partial charge in [-0.05, 0) is 12.5 Å². The molecule has 1 rings (SSSR count). The number of carboxylic acids is 1. The van der Waals surface area contributed by atoms with Crippen LogP contribution < -0.4 is 0 Å². The molecule has 0 aromatic carbocycles. The molecule has 1 aromatic rings. The SMILES string of the molecule is COCCOCCCn1ccc(C(=O)O)c1. The minimum atomic E-state index is -0.893. The Labute approximate surface area is 94.6 Å². The van der Waals surface area contributed by atoms with Crippen molar-refractivity contribution in [1.82, 2.24) is 4.57 Å². The number of hydrogen-bond donors (Lipinski definition) is 1. The van der Waals surface area contributed by atoms with Crippen molar-refractivity contribution >= 4 is 5.97 Å². The first-order chi connectivity index (χ1) is 7.74. The number of hydrogen-bond acceptors (Lipinski definition) is 3. The molecule has 0 unspecified atom stereocenters. The minimum Gasteiger partial charge on any atom is -0.478 e. The Morgan fingerprint density at radius 2 is 2.25 bits per heavy atom. The molecule has 0 aliphatic heterocycles. The predicted molar refractivity (Wildman–Crippen MR) is 58.7 cm³/mol. The lowest BCUT2D eigenvalue weighted by atomic mass is 10.3. The monoisotopic (exact) mass is 227 g/mol. The molecule has 0 saturated heterocycles. The van der Waals surface area contributed by atoms with Crippen molar-refractivity contribution in [3.8, 4) is 0 Å². The van der Waals surface area contributed by atoms with Gasteiger partial charge in [-0.3, -0.25) is 0 Å². The number of ether oxygens (including phenoxy) is 2. The number of aryl methyl sites for hydroxylation is 1. The largest absolute Gasteiger partial charge is 0.478 e. The molecular weight excluding hydrogens is 210 g/mol. The van der Waals surface area contributed by atoms with E-state index in [-0.39, 0.29) is 0 Å². The van der Waals surface area contributed by atoms with Gasteiger partial charge in [-0.1, -0.05) is 0 Å². The highest BCUT2D eigenvalue weighted by Gasteiger charge is 2.03. The van der Waals surface area contributed by atoms with Gasteiger partial charge in [0.15, 0.2) is 0 Å². The maximum absolute atomic E-state index is 10.6. The molecule has 1 aromatic heterocycles. The highest BCUT2D eigenvalue weighted by molar-refractivity contribution is 5.87. The molecule has 1 heterocycles. The Balaban J connectivity index is 2.14. The van der Waals surface area contributed by atoms with Crippen molar-refractivity contribution in [2.75, 3.05) is 26.9 Å². The van der Waals surface area contributed by atoms with Gasteiger partial charge in [0, 0.05) is 32.7 Å². The van der Waals surface area contributed by atoms with Gasteiger partial charge in [-0.2, -0.15) is 0 Å². The van der Waals surface area contributed by atoms with Crippen LogP contribution >= 0.6 is 0 Å². The van der Waals surface area contributed by atoms with Crippen molar-refractivity contribution in [2.24, 2.45) is 0 Å². The number of aromatic nitrogens is 1. The fourth-order valence-corrected chi connectivity index (χ4v) is 1.30. The topological polar surface area (TPSA) is 60.7 Å². The maximum Gasteiger partial charge on any atom is 0.337 e. The van der Waals surface area contributed by atoms with Crippen LogP contribution in [0.1, 0.15) is 16.8 Å². The molecule has 16 heavy (non-hydrogen) atoms. The summed E-state index contributed by atoms with van der Waals surface area (Å²) in [5, 5.41) is 8.71. The molecule has 0 aliphatic carbocycles. The number of aromatic carboxylic acids is 1. The highest BCUT2D eigenvalue weighted by atomic mass is 16.5. The summed E-state index contributed by atoms with van der Waals surface area (Å²) < 4.78 is 12.0. The Morgan fingerprint density at radius 3 is 2.88 bits per heavy atom. The summed E-state index contributed by atoms with van der Waals surface area (Å²) in [6.07, 6.45) is 4.24. The predicted octanol–water partition coefficient (Wildman–Crippen LogP) is 1.24. The summed E-state index contributed by atoms with van der Waals surface area (Å²) >= 11 is 0. The molecule has 1 N–H and O–H groups in total.